The van der Waals surface area contributed by atoms with Crippen LogP contribution >= 0.6 is 39.9 Å². The average Bonchev–Trinajstić information content (AvgIpc) is 2.42. The second kappa shape index (κ2) is 9.11. The van der Waals surface area contributed by atoms with Crippen molar-refractivity contribution >= 4 is 39.9 Å². The van der Waals surface area contributed by atoms with Crippen molar-refractivity contribution in [2.24, 2.45) is 11.7 Å². The summed E-state index contributed by atoms with van der Waals surface area (Å²) < 4.78 is 6.68. The quantitative estimate of drug-likeness (QED) is 0.844. The van der Waals surface area contributed by atoms with E-state index in [0.717, 1.165) is 36.4 Å². The van der Waals surface area contributed by atoms with Crippen molar-refractivity contribution in [3.8, 4) is 5.75 Å². The summed E-state index contributed by atoms with van der Waals surface area (Å²) in [5.74, 6) is 1.56. The van der Waals surface area contributed by atoms with Crippen LogP contribution in [0.25, 0.3) is 0 Å². The molecule has 1 heterocycles. The van der Waals surface area contributed by atoms with Crippen molar-refractivity contribution in [1.82, 2.24) is 4.90 Å². The molecule has 1 aliphatic rings. The molecule has 1 aliphatic heterocycles. The van der Waals surface area contributed by atoms with Crippen molar-refractivity contribution in [1.29, 1.82) is 0 Å². The van der Waals surface area contributed by atoms with Gasteiger partial charge in [-0.05, 0) is 72.5 Å². The minimum atomic E-state index is 0. The zero-order valence-electron chi connectivity index (χ0n) is 11.4. The summed E-state index contributed by atoms with van der Waals surface area (Å²) in [6.45, 7) is 4.75. The standard InChI is InChI=1S/C14H20BrClN2O.ClH/c15-13-9-12(16)1-2-14(13)19-8-7-18-5-3-11(10-17)4-6-18;/h1-2,9,11H,3-8,10,17H2;1H. The first-order chi connectivity index (χ1) is 9.19. The predicted molar refractivity (Wildman–Crippen MR) is 90.1 cm³/mol. The summed E-state index contributed by atoms with van der Waals surface area (Å²) in [6, 6.07) is 5.59. The minimum absolute atomic E-state index is 0. The molecule has 1 fully saturated rings. The maximum absolute atomic E-state index is 5.90. The smallest absolute Gasteiger partial charge is 0.133 e. The van der Waals surface area contributed by atoms with Crippen LogP contribution in [-0.2, 0) is 0 Å². The van der Waals surface area contributed by atoms with Gasteiger partial charge in [0.25, 0.3) is 0 Å². The normalized spacial score (nSPS) is 16.8. The van der Waals surface area contributed by atoms with Gasteiger partial charge in [0.1, 0.15) is 12.4 Å². The lowest BCUT2D eigenvalue weighted by Gasteiger charge is -2.31. The number of rotatable bonds is 5. The summed E-state index contributed by atoms with van der Waals surface area (Å²) >= 11 is 9.35. The monoisotopic (exact) mass is 382 g/mol. The lowest BCUT2D eigenvalue weighted by atomic mass is 9.97. The molecule has 1 saturated heterocycles. The molecular formula is C14H21BrCl2N2O. The molecule has 2 N–H and O–H groups in total. The third-order valence-electron chi connectivity index (χ3n) is 3.60. The fourth-order valence-electron chi connectivity index (χ4n) is 2.32. The molecule has 0 unspecified atom stereocenters. The average molecular weight is 384 g/mol. The van der Waals surface area contributed by atoms with Crippen molar-refractivity contribution in [3.05, 3.63) is 27.7 Å². The number of nitrogens with zero attached hydrogens (tertiary/aromatic N) is 1. The first kappa shape index (κ1) is 18.1. The maximum atomic E-state index is 5.90. The molecule has 2 rings (SSSR count). The fourth-order valence-corrected chi connectivity index (χ4v) is 3.12. The van der Waals surface area contributed by atoms with Gasteiger partial charge in [-0.3, -0.25) is 4.90 Å². The Balaban J connectivity index is 0.00000200. The van der Waals surface area contributed by atoms with Crippen molar-refractivity contribution in [2.75, 3.05) is 32.8 Å². The molecule has 0 aromatic heterocycles. The summed E-state index contributed by atoms with van der Waals surface area (Å²) in [5, 5.41) is 0.711. The minimum Gasteiger partial charge on any atom is -0.491 e. The van der Waals surface area contributed by atoms with E-state index in [1.807, 2.05) is 18.2 Å². The van der Waals surface area contributed by atoms with E-state index in [0.29, 0.717) is 17.5 Å². The number of benzene rings is 1. The first-order valence-electron chi connectivity index (χ1n) is 6.69. The highest BCUT2D eigenvalue weighted by Crippen LogP contribution is 2.28. The van der Waals surface area contributed by atoms with Crippen LogP contribution in [0.5, 0.6) is 5.75 Å². The van der Waals surface area contributed by atoms with E-state index in [1.165, 1.54) is 12.8 Å². The van der Waals surface area contributed by atoms with Gasteiger partial charge in [-0.25, -0.2) is 0 Å². The van der Waals surface area contributed by atoms with Crippen LogP contribution in [0.3, 0.4) is 0 Å². The number of piperidine rings is 1. The number of hydrogen-bond acceptors (Lipinski definition) is 3. The van der Waals surface area contributed by atoms with Crippen LogP contribution in [0.15, 0.2) is 22.7 Å². The van der Waals surface area contributed by atoms with Gasteiger partial charge in [0.2, 0.25) is 0 Å². The van der Waals surface area contributed by atoms with Crippen LogP contribution in [0.2, 0.25) is 5.02 Å². The molecule has 0 spiro atoms. The SMILES string of the molecule is Cl.NCC1CCN(CCOc2ccc(Cl)cc2Br)CC1. The van der Waals surface area contributed by atoms with E-state index in [1.54, 1.807) is 0 Å². The first-order valence-corrected chi connectivity index (χ1v) is 7.86. The largest absolute Gasteiger partial charge is 0.491 e. The van der Waals surface area contributed by atoms with E-state index in [-0.39, 0.29) is 12.4 Å². The van der Waals surface area contributed by atoms with E-state index in [2.05, 4.69) is 20.8 Å². The van der Waals surface area contributed by atoms with E-state index < -0.39 is 0 Å². The van der Waals surface area contributed by atoms with Gasteiger partial charge < -0.3 is 10.5 Å². The number of nitrogens with two attached hydrogens (primary N) is 1. The van der Waals surface area contributed by atoms with Gasteiger partial charge in [0.15, 0.2) is 0 Å². The molecule has 114 valence electrons. The van der Waals surface area contributed by atoms with Crippen LogP contribution in [-0.4, -0.2) is 37.7 Å². The van der Waals surface area contributed by atoms with Gasteiger partial charge in [-0.15, -0.1) is 12.4 Å². The number of likely N-dealkylation sites (tertiary alicyclic amines) is 1. The van der Waals surface area contributed by atoms with Gasteiger partial charge in [-0.1, -0.05) is 11.6 Å². The van der Waals surface area contributed by atoms with Gasteiger partial charge >= 0.3 is 0 Å². The van der Waals surface area contributed by atoms with Crippen molar-refractivity contribution in [3.63, 3.8) is 0 Å². The summed E-state index contributed by atoms with van der Waals surface area (Å²) in [7, 11) is 0. The number of ether oxygens (including phenoxy) is 1. The van der Waals surface area contributed by atoms with Crippen LogP contribution in [0.4, 0.5) is 0 Å². The zero-order chi connectivity index (χ0) is 13.7. The highest BCUT2D eigenvalue weighted by molar-refractivity contribution is 9.10. The Morgan fingerprint density at radius 2 is 2.05 bits per heavy atom. The van der Waals surface area contributed by atoms with Crippen LogP contribution < -0.4 is 10.5 Å². The molecular weight excluding hydrogens is 363 g/mol. The summed E-state index contributed by atoms with van der Waals surface area (Å²) in [5.41, 5.74) is 5.69. The second-order valence-corrected chi connectivity index (χ2v) is 6.23. The molecule has 0 amide bonds. The molecule has 20 heavy (non-hydrogen) atoms. The molecule has 0 radical (unpaired) electrons. The van der Waals surface area contributed by atoms with Gasteiger partial charge in [0, 0.05) is 11.6 Å². The van der Waals surface area contributed by atoms with E-state index in [9.17, 15) is 0 Å². The van der Waals surface area contributed by atoms with Crippen LogP contribution in [0, 0.1) is 5.92 Å². The van der Waals surface area contributed by atoms with E-state index in [4.69, 9.17) is 22.1 Å². The molecule has 1 aromatic rings. The lowest BCUT2D eigenvalue weighted by molar-refractivity contribution is 0.157. The van der Waals surface area contributed by atoms with Crippen molar-refractivity contribution < 1.29 is 4.74 Å². The fraction of sp³-hybridized carbons (Fsp3) is 0.571. The molecule has 0 saturated carbocycles. The Morgan fingerprint density at radius 1 is 1.35 bits per heavy atom. The molecule has 0 aliphatic carbocycles. The molecule has 0 bridgehead atoms. The molecule has 6 heteroatoms. The molecule has 0 atom stereocenters. The second-order valence-electron chi connectivity index (χ2n) is 4.94. The predicted octanol–water partition coefficient (Wildman–Crippen LogP) is 3.57. The van der Waals surface area contributed by atoms with Gasteiger partial charge in [-0.2, -0.15) is 0 Å². The third-order valence-corrected chi connectivity index (χ3v) is 4.45. The Labute approximate surface area is 140 Å². The van der Waals surface area contributed by atoms with Gasteiger partial charge in [0.05, 0.1) is 4.47 Å². The van der Waals surface area contributed by atoms with Crippen LogP contribution in [0.1, 0.15) is 12.8 Å². The topological polar surface area (TPSA) is 38.5 Å². The lowest BCUT2D eigenvalue weighted by Crippen LogP contribution is -2.38. The zero-order valence-corrected chi connectivity index (χ0v) is 14.5. The Bertz CT molecular complexity index is 412. The molecule has 3 nitrogen and oxygen atoms in total. The highest BCUT2D eigenvalue weighted by Gasteiger charge is 2.17. The Kier molecular flexibility index (Phi) is 8.22. The Hall–Kier alpha value is -0.0000000000000000555. The Morgan fingerprint density at radius 3 is 2.65 bits per heavy atom. The molecule has 1 aromatic carbocycles. The third kappa shape index (κ3) is 5.41. The number of hydrogen-bond donors (Lipinski definition) is 1. The van der Waals surface area contributed by atoms with Crippen molar-refractivity contribution in [2.45, 2.75) is 12.8 Å². The number of halogens is 3. The summed E-state index contributed by atoms with van der Waals surface area (Å²) in [6.07, 6.45) is 2.42. The maximum Gasteiger partial charge on any atom is 0.133 e. The highest BCUT2D eigenvalue weighted by atomic mass is 79.9. The summed E-state index contributed by atoms with van der Waals surface area (Å²) in [4.78, 5) is 2.44. The van der Waals surface area contributed by atoms with E-state index >= 15 is 0 Å².